The normalized spacial score (nSPS) is 19.0. The van der Waals surface area contributed by atoms with Crippen LogP contribution >= 0.6 is 11.8 Å². The Kier molecular flexibility index (Phi) is 5.43. The van der Waals surface area contributed by atoms with Crippen molar-refractivity contribution < 1.29 is 13.2 Å². The molecule has 9 heteroatoms. The predicted octanol–water partition coefficient (Wildman–Crippen LogP) is 1.40. The van der Waals surface area contributed by atoms with Gasteiger partial charge in [-0.3, -0.25) is 4.79 Å². The van der Waals surface area contributed by atoms with Crippen molar-refractivity contribution in [1.29, 1.82) is 0 Å². The molecule has 0 spiro atoms. The molecule has 0 saturated carbocycles. The van der Waals surface area contributed by atoms with E-state index >= 15 is 0 Å². The molecular weight excluding hydrogens is 360 g/mol. The van der Waals surface area contributed by atoms with E-state index in [0.29, 0.717) is 18.1 Å². The molecule has 3 rings (SSSR count). The van der Waals surface area contributed by atoms with Gasteiger partial charge in [0.1, 0.15) is 6.33 Å². The van der Waals surface area contributed by atoms with Crippen LogP contribution in [0.15, 0.2) is 41.8 Å². The molecule has 1 aromatic carbocycles. The van der Waals surface area contributed by atoms with Crippen molar-refractivity contribution in [2.45, 2.75) is 24.5 Å². The molecule has 25 heavy (non-hydrogen) atoms. The van der Waals surface area contributed by atoms with Gasteiger partial charge in [0.25, 0.3) is 0 Å². The van der Waals surface area contributed by atoms with Crippen molar-refractivity contribution in [3.63, 3.8) is 0 Å². The second-order valence-electron chi connectivity index (χ2n) is 5.83. The van der Waals surface area contributed by atoms with Crippen molar-refractivity contribution in [2.75, 3.05) is 23.8 Å². The van der Waals surface area contributed by atoms with Crippen LogP contribution in [0.25, 0.3) is 5.69 Å². The highest BCUT2D eigenvalue weighted by Crippen LogP contribution is 2.20. The number of carbonyl (C=O) groups excluding carboxylic acids is 1. The molecule has 1 aromatic heterocycles. The van der Waals surface area contributed by atoms with E-state index in [4.69, 9.17) is 0 Å². The minimum absolute atomic E-state index is 0.0676. The van der Waals surface area contributed by atoms with Gasteiger partial charge in [0.2, 0.25) is 11.1 Å². The molecule has 7 nitrogen and oxygen atoms in total. The second kappa shape index (κ2) is 7.57. The molecule has 1 fully saturated rings. The fraction of sp³-hybridized carbons (Fsp3) is 0.438. The molecule has 1 unspecified atom stereocenters. The van der Waals surface area contributed by atoms with Gasteiger partial charge in [-0.25, -0.2) is 18.1 Å². The van der Waals surface area contributed by atoms with Crippen molar-refractivity contribution in [3.8, 4) is 5.69 Å². The van der Waals surface area contributed by atoms with E-state index < -0.39 is 9.84 Å². The Morgan fingerprint density at radius 2 is 2.12 bits per heavy atom. The van der Waals surface area contributed by atoms with Crippen LogP contribution in [0.2, 0.25) is 0 Å². The number of sulfone groups is 1. The number of aromatic nitrogens is 3. The maximum atomic E-state index is 12.5. The number of carbonyl (C=O) groups is 1. The zero-order valence-electron chi connectivity index (χ0n) is 13.9. The van der Waals surface area contributed by atoms with Crippen molar-refractivity contribution in [1.82, 2.24) is 19.7 Å². The van der Waals surface area contributed by atoms with Crippen molar-refractivity contribution >= 4 is 27.5 Å². The van der Waals surface area contributed by atoms with Crippen LogP contribution in [0.3, 0.4) is 0 Å². The van der Waals surface area contributed by atoms with Gasteiger partial charge in [0.15, 0.2) is 9.84 Å². The first-order valence-corrected chi connectivity index (χ1v) is 10.9. The molecule has 134 valence electrons. The Morgan fingerprint density at radius 3 is 2.76 bits per heavy atom. The Balaban J connectivity index is 1.59. The molecule has 0 bridgehead atoms. The summed E-state index contributed by atoms with van der Waals surface area (Å²) in [5, 5.41) is 4.88. The average molecular weight is 380 g/mol. The Bertz CT molecular complexity index is 836. The summed E-state index contributed by atoms with van der Waals surface area (Å²) < 4.78 is 24.9. The van der Waals surface area contributed by atoms with Gasteiger partial charge in [-0.15, -0.1) is 5.10 Å². The molecular formula is C16H20N4O3S2. The van der Waals surface area contributed by atoms with Crippen LogP contribution in [0.4, 0.5) is 0 Å². The summed E-state index contributed by atoms with van der Waals surface area (Å²) in [5.74, 6) is 0.351. The number of amides is 1. The van der Waals surface area contributed by atoms with Crippen LogP contribution in [-0.2, 0) is 14.6 Å². The Hall–Kier alpha value is -1.87. The largest absolute Gasteiger partial charge is 0.338 e. The third-order valence-corrected chi connectivity index (χ3v) is 6.71. The minimum atomic E-state index is -3.01. The number of thioether (sulfide) groups is 1. The summed E-state index contributed by atoms with van der Waals surface area (Å²) in [6.45, 7) is 2.38. The van der Waals surface area contributed by atoms with Crippen LogP contribution < -0.4 is 0 Å². The number of benzene rings is 1. The molecule has 1 aliphatic rings. The zero-order valence-corrected chi connectivity index (χ0v) is 15.5. The number of rotatable bonds is 6. The highest BCUT2D eigenvalue weighted by Gasteiger charge is 2.33. The first-order valence-electron chi connectivity index (χ1n) is 8.08. The number of hydrogen-bond acceptors (Lipinski definition) is 6. The summed E-state index contributed by atoms with van der Waals surface area (Å²) >= 11 is 1.26. The maximum absolute atomic E-state index is 12.5. The predicted molar refractivity (Wildman–Crippen MR) is 96.5 cm³/mol. The van der Waals surface area contributed by atoms with Crippen LogP contribution in [0.5, 0.6) is 0 Å². The minimum Gasteiger partial charge on any atom is -0.338 e. The standard InChI is InChI=1S/C16H20N4O3S2/c1-2-19(14-8-9-25(22,23)11-14)15(21)10-24-16-17-12-20(18-16)13-6-4-3-5-7-13/h3-7,12,14H,2,8-11H2,1H3. The smallest absolute Gasteiger partial charge is 0.233 e. The summed E-state index contributed by atoms with van der Waals surface area (Å²) in [7, 11) is -3.01. The van der Waals surface area contributed by atoms with E-state index in [9.17, 15) is 13.2 Å². The topological polar surface area (TPSA) is 85.2 Å². The molecule has 0 radical (unpaired) electrons. The van der Waals surface area contributed by atoms with E-state index in [1.54, 1.807) is 15.9 Å². The highest BCUT2D eigenvalue weighted by molar-refractivity contribution is 7.99. The van der Waals surface area contributed by atoms with E-state index in [1.165, 1.54) is 11.8 Å². The molecule has 1 atom stereocenters. The summed E-state index contributed by atoms with van der Waals surface area (Å²) in [6.07, 6.45) is 2.14. The lowest BCUT2D eigenvalue weighted by Crippen LogP contribution is -2.41. The van der Waals surface area contributed by atoms with E-state index in [-0.39, 0.29) is 29.2 Å². The van der Waals surface area contributed by atoms with Crippen LogP contribution in [0, 0.1) is 0 Å². The summed E-state index contributed by atoms with van der Waals surface area (Å²) in [4.78, 5) is 18.3. The first kappa shape index (κ1) is 17.9. The fourth-order valence-corrected chi connectivity index (χ4v) is 5.30. The maximum Gasteiger partial charge on any atom is 0.233 e. The van der Waals surface area contributed by atoms with E-state index in [2.05, 4.69) is 10.1 Å². The van der Waals surface area contributed by atoms with Gasteiger partial charge in [0, 0.05) is 12.6 Å². The third kappa shape index (κ3) is 4.40. The summed E-state index contributed by atoms with van der Waals surface area (Å²) in [6, 6.07) is 9.40. The molecule has 2 heterocycles. The number of hydrogen-bond donors (Lipinski definition) is 0. The lowest BCUT2D eigenvalue weighted by molar-refractivity contribution is -0.129. The molecule has 0 N–H and O–H groups in total. The van der Waals surface area contributed by atoms with Crippen LogP contribution in [0.1, 0.15) is 13.3 Å². The molecule has 1 amide bonds. The molecule has 0 aliphatic carbocycles. The Labute approximate surface area is 151 Å². The fourth-order valence-electron chi connectivity index (χ4n) is 2.89. The lowest BCUT2D eigenvalue weighted by atomic mass is 10.2. The van der Waals surface area contributed by atoms with Gasteiger partial charge in [-0.2, -0.15) is 0 Å². The van der Waals surface area contributed by atoms with E-state index in [0.717, 1.165) is 5.69 Å². The second-order valence-corrected chi connectivity index (χ2v) is 9.00. The van der Waals surface area contributed by atoms with Gasteiger partial charge >= 0.3 is 0 Å². The summed E-state index contributed by atoms with van der Waals surface area (Å²) in [5.41, 5.74) is 0.902. The monoisotopic (exact) mass is 380 g/mol. The number of para-hydroxylation sites is 1. The third-order valence-electron chi connectivity index (χ3n) is 4.13. The molecule has 2 aromatic rings. The zero-order chi connectivity index (χ0) is 17.9. The lowest BCUT2D eigenvalue weighted by Gasteiger charge is -2.26. The molecule has 1 saturated heterocycles. The quantitative estimate of drug-likeness (QED) is 0.704. The highest BCUT2D eigenvalue weighted by atomic mass is 32.2. The SMILES string of the molecule is CCN(C(=O)CSc1ncn(-c2ccccc2)n1)C1CCS(=O)(=O)C1. The van der Waals surface area contributed by atoms with Crippen LogP contribution in [-0.4, -0.2) is 63.8 Å². The Morgan fingerprint density at radius 1 is 1.36 bits per heavy atom. The van der Waals surface area contributed by atoms with Gasteiger partial charge in [0.05, 0.1) is 22.9 Å². The van der Waals surface area contributed by atoms with Crippen molar-refractivity contribution in [2.24, 2.45) is 0 Å². The van der Waals surface area contributed by atoms with Gasteiger partial charge in [-0.05, 0) is 25.5 Å². The van der Waals surface area contributed by atoms with Gasteiger partial charge < -0.3 is 4.90 Å². The van der Waals surface area contributed by atoms with Gasteiger partial charge in [-0.1, -0.05) is 30.0 Å². The first-order chi connectivity index (χ1) is 12.0. The average Bonchev–Trinajstić information content (AvgIpc) is 3.21. The van der Waals surface area contributed by atoms with Crippen molar-refractivity contribution in [3.05, 3.63) is 36.7 Å². The number of nitrogens with zero attached hydrogens (tertiary/aromatic N) is 4. The van der Waals surface area contributed by atoms with E-state index in [1.807, 2.05) is 37.3 Å². The molecule has 1 aliphatic heterocycles.